The number of aromatic amines is 1. The molecule has 2 fully saturated rings. The predicted molar refractivity (Wildman–Crippen MR) is 69.1 cm³/mol. The summed E-state index contributed by atoms with van der Waals surface area (Å²) in [7, 11) is 0. The molecule has 18 heavy (non-hydrogen) atoms. The molecule has 0 radical (unpaired) electrons. The number of amides is 1. The Morgan fingerprint density at radius 2 is 2.17 bits per heavy atom. The second kappa shape index (κ2) is 5.10. The Hall–Kier alpha value is -1.36. The molecular formula is C13H20N4O. The number of rotatable bonds is 2. The number of carbonyl (C=O) groups is 1. The van der Waals surface area contributed by atoms with Gasteiger partial charge >= 0.3 is 0 Å². The van der Waals surface area contributed by atoms with Crippen LogP contribution in [-0.2, 0) is 4.79 Å². The second-order valence-corrected chi connectivity index (χ2v) is 5.42. The van der Waals surface area contributed by atoms with Crippen LogP contribution in [0.1, 0.15) is 38.5 Å². The van der Waals surface area contributed by atoms with Gasteiger partial charge in [0.05, 0.1) is 17.9 Å². The summed E-state index contributed by atoms with van der Waals surface area (Å²) in [5, 5.41) is 12.9. The number of carbonyl (C=O) groups excluding carboxylic acids is 1. The molecule has 1 aliphatic heterocycles. The summed E-state index contributed by atoms with van der Waals surface area (Å²) in [4.78, 5) is 12.1. The number of hydrogen-bond acceptors (Lipinski definition) is 3. The number of fused-ring (bicyclic) bond motifs is 1. The van der Waals surface area contributed by atoms with Crippen LogP contribution in [0.4, 0.5) is 5.69 Å². The van der Waals surface area contributed by atoms with Crippen molar-refractivity contribution in [3.05, 3.63) is 12.4 Å². The average Bonchev–Trinajstić information content (AvgIpc) is 2.91. The first-order valence-corrected chi connectivity index (χ1v) is 6.88. The Labute approximate surface area is 107 Å². The normalized spacial score (nSPS) is 31.7. The van der Waals surface area contributed by atoms with Gasteiger partial charge in [0.15, 0.2) is 0 Å². The van der Waals surface area contributed by atoms with Crippen molar-refractivity contribution in [1.82, 2.24) is 15.5 Å². The van der Waals surface area contributed by atoms with E-state index in [2.05, 4.69) is 20.8 Å². The fraction of sp³-hybridized carbons (Fsp3) is 0.692. The molecule has 2 aliphatic rings. The zero-order valence-electron chi connectivity index (χ0n) is 10.5. The van der Waals surface area contributed by atoms with Gasteiger partial charge in [0.2, 0.25) is 5.91 Å². The SMILES string of the molecule is O=C(Nc1cn[nH]c1)C1CCC2CCCCC2N1. The Bertz CT molecular complexity index is 403. The van der Waals surface area contributed by atoms with Gasteiger partial charge in [0.25, 0.3) is 0 Å². The van der Waals surface area contributed by atoms with Gasteiger partial charge in [-0.1, -0.05) is 12.8 Å². The van der Waals surface area contributed by atoms with E-state index in [4.69, 9.17) is 0 Å². The molecule has 5 nitrogen and oxygen atoms in total. The molecule has 1 aromatic heterocycles. The van der Waals surface area contributed by atoms with E-state index in [1.807, 2.05) is 0 Å². The van der Waals surface area contributed by atoms with Gasteiger partial charge < -0.3 is 10.6 Å². The molecule has 3 rings (SSSR count). The molecule has 5 heteroatoms. The second-order valence-electron chi connectivity index (χ2n) is 5.42. The van der Waals surface area contributed by atoms with Gasteiger partial charge in [-0.25, -0.2) is 0 Å². The minimum atomic E-state index is -0.0424. The maximum atomic E-state index is 12.1. The summed E-state index contributed by atoms with van der Waals surface area (Å²) in [5.41, 5.74) is 0.743. The summed E-state index contributed by atoms with van der Waals surface area (Å²) in [5.74, 6) is 0.858. The molecular weight excluding hydrogens is 228 g/mol. The highest BCUT2D eigenvalue weighted by atomic mass is 16.2. The Morgan fingerprint density at radius 1 is 1.28 bits per heavy atom. The van der Waals surface area contributed by atoms with Crippen molar-refractivity contribution in [2.24, 2.45) is 5.92 Å². The van der Waals surface area contributed by atoms with Crippen molar-refractivity contribution in [2.75, 3.05) is 5.32 Å². The van der Waals surface area contributed by atoms with Crippen molar-refractivity contribution < 1.29 is 4.79 Å². The topological polar surface area (TPSA) is 69.8 Å². The zero-order valence-corrected chi connectivity index (χ0v) is 10.5. The molecule has 1 saturated carbocycles. The highest BCUT2D eigenvalue weighted by Crippen LogP contribution is 2.32. The number of hydrogen-bond donors (Lipinski definition) is 3. The van der Waals surface area contributed by atoms with Gasteiger partial charge in [-0.05, 0) is 31.6 Å². The summed E-state index contributed by atoms with van der Waals surface area (Å²) >= 11 is 0. The van der Waals surface area contributed by atoms with Crippen LogP contribution >= 0.6 is 0 Å². The first-order valence-electron chi connectivity index (χ1n) is 6.88. The number of nitrogens with zero attached hydrogens (tertiary/aromatic N) is 1. The van der Waals surface area contributed by atoms with E-state index >= 15 is 0 Å². The van der Waals surface area contributed by atoms with Gasteiger partial charge in [0, 0.05) is 12.2 Å². The molecule has 1 aromatic rings. The van der Waals surface area contributed by atoms with Crippen LogP contribution in [0.15, 0.2) is 12.4 Å². The molecule has 0 spiro atoms. The summed E-state index contributed by atoms with van der Waals surface area (Å²) in [6, 6.07) is 0.506. The van der Waals surface area contributed by atoms with Crippen LogP contribution in [-0.4, -0.2) is 28.2 Å². The van der Waals surface area contributed by atoms with Gasteiger partial charge in [0.1, 0.15) is 0 Å². The zero-order chi connectivity index (χ0) is 12.4. The first-order chi connectivity index (χ1) is 8.83. The van der Waals surface area contributed by atoms with Gasteiger partial charge in [-0.15, -0.1) is 0 Å². The third-order valence-electron chi connectivity index (χ3n) is 4.23. The van der Waals surface area contributed by atoms with E-state index < -0.39 is 0 Å². The van der Waals surface area contributed by atoms with E-state index in [9.17, 15) is 4.79 Å². The van der Waals surface area contributed by atoms with E-state index in [-0.39, 0.29) is 11.9 Å². The van der Waals surface area contributed by atoms with E-state index in [0.29, 0.717) is 6.04 Å². The lowest BCUT2D eigenvalue weighted by Crippen LogP contribution is -2.53. The minimum Gasteiger partial charge on any atom is -0.322 e. The molecule has 3 unspecified atom stereocenters. The van der Waals surface area contributed by atoms with Crippen molar-refractivity contribution in [3.8, 4) is 0 Å². The Morgan fingerprint density at radius 3 is 3.00 bits per heavy atom. The van der Waals surface area contributed by atoms with Crippen LogP contribution in [0, 0.1) is 5.92 Å². The molecule has 0 aromatic carbocycles. The number of H-pyrrole nitrogens is 1. The number of anilines is 1. The maximum absolute atomic E-state index is 12.1. The van der Waals surface area contributed by atoms with Crippen LogP contribution < -0.4 is 10.6 Å². The molecule has 1 aliphatic carbocycles. The summed E-state index contributed by atoms with van der Waals surface area (Å²) < 4.78 is 0. The van der Waals surface area contributed by atoms with Gasteiger partial charge in [-0.3, -0.25) is 9.89 Å². The highest BCUT2D eigenvalue weighted by Gasteiger charge is 2.34. The lowest BCUT2D eigenvalue weighted by molar-refractivity contribution is -0.119. The lowest BCUT2D eigenvalue weighted by Gasteiger charge is -2.39. The lowest BCUT2D eigenvalue weighted by atomic mass is 9.77. The molecule has 98 valence electrons. The number of piperidine rings is 1. The molecule has 2 heterocycles. The molecule has 1 amide bonds. The Kier molecular flexibility index (Phi) is 3.32. The summed E-state index contributed by atoms with van der Waals surface area (Å²) in [6.07, 6.45) is 10.7. The third-order valence-corrected chi connectivity index (χ3v) is 4.23. The third kappa shape index (κ3) is 2.41. The minimum absolute atomic E-state index is 0.0424. The molecule has 0 bridgehead atoms. The average molecular weight is 248 g/mol. The van der Waals surface area contributed by atoms with Crippen LogP contribution in [0.5, 0.6) is 0 Å². The van der Waals surface area contributed by atoms with E-state index in [1.165, 1.54) is 32.1 Å². The van der Waals surface area contributed by atoms with Crippen molar-refractivity contribution >= 4 is 11.6 Å². The van der Waals surface area contributed by atoms with Crippen LogP contribution in [0.25, 0.3) is 0 Å². The fourth-order valence-corrected chi connectivity index (χ4v) is 3.25. The summed E-state index contributed by atoms with van der Waals surface area (Å²) in [6.45, 7) is 0. The number of nitrogens with one attached hydrogen (secondary N) is 3. The predicted octanol–water partition coefficient (Wildman–Crippen LogP) is 1.66. The quantitative estimate of drug-likeness (QED) is 0.745. The smallest absolute Gasteiger partial charge is 0.241 e. The molecule has 3 N–H and O–H groups in total. The van der Waals surface area contributed by atoms with Crippen molar-refractivity contribution in [1.29, 1.82) is 0 Å². The number of aromatic nitrogens is 2. The fourth-order valence-electron chi connectivity index (χ4n) is 3.25. The van der Waals surface area contributed by atoms with Crippen LogP contribution in [0.3, 0.4) is 0 Å². The standard InChI is InChI=1S/C13H20N4O/c18-13(16-10-7-14-15-8-10)12-6-5-9-3-1-2-4-11(9)17-12/h7-9,11-12,17H,1-6H2,(H,14,15)(H,16,18). The monoisotopic (exact) mass is 248 g/mol. The van der Waals surface area contributed by atoms with Crippen LogP contribution in [0.2, 0.25) is 0 Å². The van der Waals surface area contributed by atoms with E-state index in [1.54, 1.807) is 12.4 Å². The highest BCUT2D eigenvalue weighted by molar-refractivity contribution is 5.94. The van der Waals surface area contributed by atoms with Crippen molar-refractivity contribution in [2.45, 2.75) is 50.6 Å². The first kappa shape index (κ1) is 11.7. The molecule has 1 saturated heterocycles. The van der Waals surface area contributed by atoms with Gasteiger partial charge in [-0.2, -0.15) is 5.10 Å². The largest absolute Gasteiger partial charge is 0.322 e. The Balaban J connectivity index is 1.58. The maximum Gasteiger partial charge on any atom is 0.241 e. The van der Waals surface area contributed by atoms with E-state index in [0.717, 1.165) is 18.0 Å². The van der Waals surface area contributed by atoms with Crippen molar-refractivity contribution in [3.63, 3.8) is 0 Å². The molecule has 3 atom stereocenters.